The standard InChI is InChI=1S/C14H25N3O/c1-11-7-13(3)17(16-11)8-12(2)15-9-14(10-18)5-4-6-14/h7,12,15,18H,4-6,8-10H2,1-3H3/t12-/m1/s1. The molecule has 1 saturated carbocycles. The van der Waals surface area contributed by atoms with E-state index in [9.17, 15) is 5.11 Å². The minimum absolute atomic E-state index is 0.156. The summed E-state index contributed by atoms with van der Waals surface area (Å²) in [7, 11) is 0. The minimum atomic E-state index is 0.156. The average Bonchev–Trinajstić information content (AvgIpc) is 2.56. The fourth-order valence-corrected chi connectivity index (χ4v) is 2.64. The Morgan fingerprint density at radius 3 is 2.67 bits per heavy atom. The molecule has 0 unspecified atom stereocenters. The van der Waals surface area contributed by atoms with Gasteiger partial charge in [-0.05, 0) is 39.7 Å². The molecule has 102 valence electrons. The molecule has 0 bridgehead atoms. The van der Waals surface area contributed by atoms with Crippen LogP contribution in [0.25, 0.3) is 0 Å². The first-order valence-corrected chi connectivity index (χ1v) is 6.90. The van der Waals surface area contributed by atoms with Gasteiger partial charge in [0.2, 0.25) is 0 Å². The summed E-state index contributed by atoms with van der Waals surface area (Å²) in [5.74, 6) is 0. The van der Waals surface area contributed by atoms with Crippen molar-refractivity contribution in [1.29, 1.82) is 0 Å². The van der Waals surface area contributed by atoms with Crippen molar-refractivity contribution in [2.24, 2.45) is 5.41 Å². The Bertz CT molecular complexity index is 390. The molecule has 1 aliphatic carbocycles. The summed E-state index contributed by atoms with van der Waals surface area (Å²) >= 11 is 0. The van der Waals surface area contributed by atoms with Crippen LogP contribution in [0.1, 0.15) is 37.6 Å². The predicted octanol–water partition coefficient (Wildman–Crippen LogP) is 1.64. The fraction of sp³-hybridized carbons (Fsp3) is 0.786. The van der Waals surface area contributed by atoms with Gasteiger partial charge in [-0.1, -0.05) is 6.42 Å². The first-order valence-electron chi connectivity index (χ1n) is 6.90. The Hall–Kier alpha value is -0.870. The molecule has 4 nitrogen and oxygen atoms in total. The van der Waals surface area contributed by atoms with Crippen molar-refractivity contribution >= 4 is 0 Å². The molecule has 0 aromatic carbocycles. The summed E-state index contributed by atoms with van der Waals surface area (Å²) in [4.78, 5) is 0. The maximum absolute atomic E-state index is 9.43. The van der Waals surface area contributed by atoms with Crippen LogP contribution in [0.5, 0.6) is 0 Å². The van der Waals surface area contributed by atoms with Gasteiger partial charge in [-0.3, -0.25) is 4.68 Å². The Labute approximate surface area is 109 Å². The second-order valence-corrected chi connectivity index (χ2v) is 5.90. The highest BCUT2D eigenvalue weighted by Gasteiger charge is 2.36. The van der Waals surface area contributed by atoms with Crippen molar-refractivity contribution in [2.45, 2.75) is 52.6 Å². The summed E-state index contributed by atoms with van der Waals surface area (Å²) in [6.07, 6.45) is 3.57. The third kappa shape index (κ3) is 2.93. The summed E-state index contributed by atoms with van der Waals surface area (Å²) in [6, 6.07) is 2.49. The molecule has 0 aliphatic heterocycles. The molecule has 1 heterocycles. The molecule has 18 heavy (non-hydrogen) atoms. The first kappa shape index (κ1) is 13.6. The van der Waals surface area contributed by atoms with Crippen LogP contribution >= 0.6 is 0 Å². The van der Waals surface area contributed by atoms with Gasteiger partial charge in [-0.15, -0.1) is 0 Å². The number of aromatic nitrogens is 2. The van der Waals surface area contributed by atoms with Gasteiger partial charge in [0, 0.05) is 30.3 Å². The van der Waals surface area contributed by atoms with E-state index in [4.69, 9.17) is 0 Å². The molecule has 2 rings (SSSR count). The third-order valence-corrected chi connectivity index (χ3v) is 4.13. The van der Waals surface area contributed by atoms with E-state index < -0.39 is 0 Å². The Balaban J connectivity index is 1.81. The number of aryl methyl sites for hydroxylation is 2. The van der Waals surface area contributed by atoms with Gasteiger partial charge < -0.3 is 10.4 Å². The SMILES string of the molecule is Cc1cc(C)n(C[C@@H](C)NCC2(CO)CCC2)n1. The molecule has 2 N–H and O–H groups in total. The number of rotatable bonds is 6. The van der Waals surface area contributed by atoms with Crippen LogP contribution in [-0.2, 0) is 6.54 Å². The van der Waals surface area contributed by atoms with Crippen molar-refractivity contribution in [1.82, 2.24) is 15.1 Å². The van der Waals surface area contributed by atoms with E-state index in [1.54, 1.807) is 0 Å². The second kappa shape index (κ2) is 5.41. The Morgan fingerprint density at radius 2 is 2.22 bits per heavy atom. The second-order valence-electron chi connectivity index (χ2n) is 5.90. The molecule has 0 radical (unpaired) electrons. The lowest BCUT2D eigenvalue weighted by molar-refractivity contribution is 0.0419. The molecule has 4 heteroatoms. The van der Waals surface area contributed by atoms with Crippen LogP contribution in [0.15, 0.2) is 6.07 Å². The molecule has 1 atom stereocenters. The summed E-state index contributed by atoms with van der Waals surface area (Å²) in [5.41, 5.74) is 2.44. The van der Waals surface area contributed by atoms with Crippen molar-refractivity contribution < 1.29 is 5.11 Å². The zero-order valence-electron chi connectivity index (χ0n) is 11.7. The third-order valence-electron chi connectivity index (χ3n) is 4.13. The van der Waals surface area contributed by atoms with Crippen LogP contribution in [0.2, 0.25) is 0 Å². The van der Waals surface area contributed by atoms with Gasteiger partial charge in [0.05, 0.1) is 12.2 Å². The van der Waals surface area contributed by atoms with Crippen molar-refractivity contribution in [3.05, 3.63) is 17.5 Å². The van der Waals surface area contributed by atoms with Gasteiger partial charge >= 0.3 is 0 Å². The summed E-state index contributed by atoms with van der Waals surface area (Å²) in [6.45, 7) is 8.42. The molecule has 1 aromatic rings. The van der Waals surface area contributed by atoms with Crippen LogP contribution in [0.4, 0.5) is 0 Å². The molecule has 0 amide bonds. The van der Waals surface area contributed by atoms with Gasteiger partial charge in [-0.2, -0.15) is 5.10 Å². The van der Waals surface area contributed by atoms with Crippen LogP contribution < -0.4 is 5.32 Å². The van der Waals surface area contributed by atoms with Gasteiger partial charge in [-0.25, -0.2) is 0 Å². The lowest BCUT2D eigenvalue weighted by Gasteiger charge is -2.41. The van der Waals surface area contributed by atoms with E-state index >= 15 is 0 Å². The Kier molecular flexibility index (Phi) is 4.07. The lowest BCUT2D eigenvalue weighted by atomic mass is 9.69. The molecule has 1 aromatic heterocycles. The molecule has 1 aliphatic rings. The predicted molar refractivity (Wildman–Crippen MR) is 72.5 cm³/mol. The van der Waals surface area contributed by atoms with E-state index in [2.05, 4.69) is 35.0 Å². The molecule has 1 fully saturated rings. The lowest BCUT2D eigenvalue weighted by Crippen LogP contribution is -2.46. The molecular formula is C14H25N3O. The zero-order chi connectivity index (χ0) is 13.2. The number of hydrogen-bond acceptors (Lipinski definition) is 3. The van der Waals surface area contributed by atoms with E-state index in [0.717, 1.165) is 31.6 Å². The minimum Gasteiger partial charge on any atom is -0.396 e. The van der Waals surface area contributed by atoms with Crippen LogP contribution in [0, 0.1) is 19.3 Å². The maximum atomic E-state index is 9.43. The number of hydrogen-bond donors (Lipinski definition) is 2. The topological polar surface area (TPSA) is 50.1 Å². The number of nitrogens with one attached hydrogen (secondary N) is 1. The quantitative estimate of drug-likeness (QED) is 0.808. The van der Waals surface area contributed by atoms with Crippen LogP contribution in [-0.4, -0.2) is 34.1 Å². The van der Waals surface area contributed by atoms with Crippen molar-refractivity contribution in [3.63, 3.8) is 0 Å². The normalized spacial score (nSPS) is 19.6. The van der Waals surface area contributed by atoms with Crippen LogP contribution in [0.3, 0.4) is 0 Å². The highest BCUT2D eigenvalue weighted by Crippen LogP contribution is 2.39. The van der Waals surface area contributed by atoms with E-state index in [1.807, 2.05) is 6.92 Å². The van der Waals surface area contributed by atoms with E-state index in [-0.39, 0.29) is 5.41 Å². The summed E-state index contributed by atoms with van der Waals surface area (Å²) < 4.78 is 2.05. The summed E-state index contributed by atoms with van der Waals surface area (Å²) in [5, 5.41) is 17.4. The highest BCUT2D eigenvalue weighted by molar-refractivity contribution is 5.06. The van der Waals surface area contributed by atoms with Crippen molar-refractivity contribution in [2.75, 3.05) is 13.2 Å². The van der Waals surface area contributed by atoms with E-state index in [0.29, 0.717) is 12.6 Å². The largest absolute Gasteiger partial charge is 0.396 e. The smallest absolute Gasteiger partial charge is 0.0596 e. The monoisotopic (exact) mass is 251 g/mol. The first-order chi connectivity index (χ1) is 8.54. The molecule has 0 saturated heterocycles. The van der Waals surface area contributed by atoms with E-state index in [1.165, 1.54) is 12.1 Å². The van der Waals surface area contributed by atoms with Gasteiger partial charge in [0.1, 0.15) is 0 Å². The van der Waals surface area contributed by atoms with Crippen molar-refractivity contribution in [3.8, 4) is 0 Å². The zero-order valence-corrected chi connectivity index (χ0v) is 11.7. The highest BCUT2D eigenvalue weighted by atomic mass is 16.3. The number of aliphatic hydroxyl groups is 1. The molecule has 0 spiro atoms. The van der Waals surface area contributed by atoms with Gasteiger partial charge in [0.25, 0.3) is 0 Å². The number of aliphatic hydroxyl groups excluding tert-OH is 1. The Morgan fingerprint density at radius 1 is 1.50 bits per heavy atom. The average molecular weight is 251 g/mol. The van der Waals surface area contributed by atoms with Gasteiger partial charge in [0.15, 0.2) is 0 Å². The number of nitrogens with zero attached hydrogens (tertiary/aromatic N) is 2. The maximum Gasteiger partial charge on any atom is 0.0596 e. The fourth-order valence-electron chi connectivity index (χ4n) is 2.64. The molecular weight excluding hydrogens is 226 g/mol.